The van der Waals surface area contributed by atoms with Gasteiger partial charge in [-0.1, -0.05) is 42.5 Å². The molecule has 0 atom stereocenters. The first kappa shape index (κ1) is 16.7. The van der Waals surface area contributed by atoms with Gasteiger partial charge in [-0.2, -0.15) is 5.10 Å². The van der Waals surface area contributed by atoms with Crippen molar-refractivity contribution in [1.29, 1.82) is 0 Å². The van der Waals surface area contributed by atoms with Gasteiger partial charge in [0, 0.05) is 49.4 Å². The van der Waals surface area contributed by atoms with Crippen molar-refractivity contribution in [3.8, 4) is 11.3 Å². The SMILES string of the molecule is Cn1nccc1-c1cccc2c1C(=O)N(CCc1ccc3ccccc3n1)C2. The molecule has 0 saturated heterocycles. The highest BCUT2D eigenvalue weighted by atomic mass is 16.2. The third kappa shape index (κ3) is 2.76. The largest absolute Gasteiger partial charge is 0.334 e. The van der Waals surface area contributed by atoms with E-state index in [0.29, 0.717) is 13.1 Å². The van der Waals surface area contributed by atoms with E-state index < -0.39 is 0 Å². The fourth-order valence-corrected chi connectivity index (χ4v) is 3.95. The predicted molar refractivity (Wildman–Crippen MR) is 109 cm³/mol. The number of hydrogen-bond donors (Lipinski definition) is 0. The van der Waals surface area contributed by atoms with E-state index in [1.165, 1.54) is 0 Å². The molecule has 0 unspecified atom stereocenters. The second-order valence-electron chi connectivity index (χ2n) is 7.15. The number of carbonyl (C=O) groups is 1. The van der Waals surface area contributed by atoms with E-state index in [1.807, 2.05) is 59.1 Å². The number of aryl methyl sites for hydroxylation is 1. The van der Waals surface area contributed by atoms with Gasteiger partial charge in [-0.15, -0.1) is 0 Å². The molecule has 3 heterocycles. The molecule has 0 N–H and O–H groups in total. The fourth-order valence-electron chi connectivity index (χ4n) is 3.95. The maximum Gasteiger partial charge on any atom is 0.255 e. The molecule has 1 amide bonds. The van der Waals surface area contributed by atoms with Gasteiger partial charge in [-0.05, 0) is 23.8 Å². The summed E-state index contributed by atoms with van der Waals surface area (Å²) < 4.78 is 1.81. The smallest absolute Gasteiger partial charge is 0.255 e. The van der Waals surface area contributed by atoms with E-state index in [-0.39, 0.29) is 5.91 Å². The quantitative estimate of drug-likeness (QED) is 0.550. The molecule has 5 heteroatoms. The molecule has 138 valence electrons. The van der Waals surface area contributed by atoms with Crippen molar-refractivity contribution in [2.45, 2.75) is 13.0 Å². The Morgan fingerprint density at radius 2 is 1.89 bits per heavy atom. The van der Waals surface area contributed by atoms with Crippen LogP contribution in [-0.2, 0) is 20.0 Å². The summed E-state index contributed by atoms with van der Waals surface area (Å²) in [4.78, 5) is 19.8. The van der Waals surface area contributed by atoms with Crippen LogP contribution in [0.15, 0.2) is 66.9 Å². The van der Waals surface area contributed by atoms with Gasteiger partial charge >= 0.3 is 0 Å². The Kier molecular flexibility index (Phi) is 3.93. The lowest BCUT2D eigenvalue weighted by Crippen LogP contribution is -2.26. The zero-order chi connectivity index (χ0) is 19.1. The number of nitrogens with zero attached hydrogens (tertiary/aromatic N) is 4. The molecule has 2 aromatic heterocycles. The summed E-state index contributed by atoms with van der Waals surface area (Å²) in [6.07, 6.45) is 2.50. The topological polar surface area (TPSA) is 51.0 Å². The number of pyridine rings is 1. The average molecular weight is 368 g/mol. The van der Waals surface area contributed by atoms with E-state index in [1.54, 1.807) is 6.20 Å². The van der Waals surface area contributed by atoms with Gasteiger partial charge in [0.05, 0.1) is 16.8 Å². The van der Waals surface area contributed by atoms with E-state index in [0.717, 1.165) is 45.4 Å². The van der Waals surface area contributed by atoms with Gasteiger partial charge in [0.25, 0.3) is 5.91 Å². The van der Waals surface area contributed by atoms with Gasteiger partial charge in [0.1, 0.15) is 0 Å². The lowest BCUT2D eigenvalue weighted by Gasteiger charge is -2.15. The highest BCUT2D eigenvalue weighted by Crippen LogP contribution is 2.32. The Morgan fingerprint density at radius 1 is 1.00 bits per heavy atom. The maximum absolute atomic E-state index is 13.1. The molecule has 5 rings (SSSR count). The molecule has 0 saturated carbocycles. The maximum atomic E-state index is 13.1. The minimum Gasteiger partial charge on any atom is -0.334 e. The molecular formula is C23H20N4O. The summed E-state index contributed by atoms with van der Waals surface area (Å²) in [5.41, 5.74) is 5.80. The summed E-state index contributed by atoms with van der Waals surface area (Å²) in [5, 5.41) is 5.38. The number of amides is 1. The summed E-state index contributed by atoms with van der Waals surface area (Å²) in [6.45, 7) is 1.30. The van der Waals surface area contributed by atoms with Crippen molar-refractivity contribution in [2.75, 3.05) is 6.54 Å². The predicted octanol–water partition coefficient (Wildman–Crippen LogP) is 3.83. The Morgan fingerprint density at radius 3 is 2.75 bits per heavy atom. The van der Waals surface area contributed by atoms with Crippen LogP contribution in [0.2, 0.25) is 0 Å². The van der Waals surface area contributed by atoms with Gasteiger partial charge in [0.2, 0.25) is 0 Å². The molecule has 0 aliphatic carbocycles. The molecule has 0 spiro atoms. The normalized spacial score (nSPS) is 13.3. The Bertz CT molecular complexity index is 1190. The number of hydrogen-bond acceptors (Lipinski definition) is 3. The number of fused-ring (bicyclic) bond motifs is 2. The highest BCUT2D eigenvalue weighted by Gasteiger charge is 2.30. The zero-order valence-electron chi connectivity index (χ0n) is 15.7. The number of carbonyl (C=O) groups excluding carboxylic acids is 1. The Balaban J connectivity index is 1.38. The highest BCUT2D eigenvalue weighted by molar-refractivity contribution is 6.04. The number of para-hydroxylation sites is 1. The van der Waals surface area contributed by atoms with Gasteiger partial charge in [0.15, 0.2) is 0 Å². The van der Waals surface area contributed by atoms with E-state index >= 15 is 0 Å². The molecule has 0 fully saturated rings. The van der Waals surface area contributed by atoms with E-state index in [4.69, 9.17) is 4.98 Å². The molecule has 5 nitrogen and oxygen atoms in total. The van der Waals surface area contributed by atoms with Crippen LogP contribution >= 0.6 is 0 Å². The van der Waals surface area contributed by atoms with Crippen molar-refractivity contribution >= 4 is 16.8 Å². The summed E-state index contributed by atoms with van der Waals surface area (Å²) in [5.74, 6) is 0.0904. The van der Waals surface area contributed by atoms with Crippen molar-refractivity contribution in [3.63, 3.8) is 0 Å². The third-order valence-electron chi connectivity index (χ3n) is 5.40. The van der Waals surface area contributed by atoms with Crippen LogP contribution in [0.5, 0.6) is 0 Å². The van der Waals surface area contributed by atoms with Gasteiger partial charge < -0.3 is 4.90 Å². The number of aromatic nitrogens is 3. The number of benzene rings is 2. The van der Waals surface area contributed by atoms with Gasteiger partial charge in [-0.3, -0.25) is 14.5 Å². The lowest BCUT2D eigenvalue weighted by atomic mass is 10.0. The standard InChI is InChI=1S/C23H20N4O/c1-26-21(11-13-24-26)19-7-4-6-17-15-27(23(28)22(17)19)14-12-18-10-9-16-5-2-3-8-20(16)25-18/h2-11,13H,12,14-15H2,1H3. The second kappa shape index (κ2) is 6.60. The van der Waals surface area contributed by atoms with Crippen molar-refractivity contribution in [2.24, 2.45) is 7.05 Å². The van der Waals surface area contributed by atoms with Crippen LogP contribution in [0.1, 0.15) is 21.6 Å². The average Bonchev–Trinajstić information content (AvgIpc) is 3.29. The van der Waals surface area contributed by atoms with Crippen molar-refractivity contribution in [1.82, 2.24) is 19.7 Å². The molecular weight excluding hydrogens is 348 g/mol. The Hall–Kier alpha value is -3.47. The fraction of sp³-hybridized carbons (Fsp3) is 0.174. The molecule has 0 bridgehead atoms. The minimum atomic E-state index is 0.0904. The minimum absolute atomic E-state index is 0.0904. The summed E-state index contributed by atoms with van der Waals surface area (Å²) >= 11 is 0. The third-order valence-corrected chi connectivity index (χ3v) is 5.40. The first-order chi connectivity index (χ1) is 13.7. The van der Waals surface area contributed by atoms with Crippen molar-refractivity contribution < 1.29 is 4.79 Å². The molecule has 4 aromatic rings. The van der Waals surface area contributed by atoms with Crippen molar-refractivity contribution in [3.05, 3.63) is 83.7 Å². The molecule has 0 radical (unpaired) electrons. The second-order valence-corrected chi connectivity index (χ2v) is 7.15. The van der Waals surface area contributed by atoms with Crippen LogP contribution in [-0.4, -0.2) is 32.1 Å². The number of rotatable bonds is 4. The molecule has 2 aromatic carbocycles. The van der Waals surface area contributed by atoms with Gasteiger partial charge in [-0.25, -0.2) is 0 Å². The van der Waals surface area contributed by atoms with Crippen LogP contribution in [0.25, 0.3) is 22.2 Å². The first-order valence-electron chi connectivity index (χ1n) is 9.45. The lowest BCUT2D eigenvalue weighted by molar-refractivity contribution is 0.0780. The first-order valence-corrected chi connectivity index (χ1v) is 9.45. The van der Waals surface area contributed by atoms with Crippen LogP contribution in [0.3, 0.4) is 0 Å². The monoisotopic (exact) mass is 368 g/mol. The zero-order valence-corrected chi connectivity index (χ0v) is 15.7. The van der Waals surface area contributed by atoms with Crippen LogP contribution in [0, 0.1) is 0 Å². The molecule has 1 aliphatic heterocycles. The van der Waals surface area contributed by atoms with Crippen LogP contribution < -0.4 is 0 Å². The molecule has 1 aliphatic rings. The van der Waals surface area contributed by atoms with Crippen LogP contribution in [0.4, 0.5) is 0 Å². The molecule has 28 heavy (non-hydrogen) atoms. The summed E-state index contributed by atoms with van der Waals surface area (Å²) in [6, 6.07) is 20.3. The Labute approximate surface area is 163 Å². The van der Waals surface area contributed by atoms with E-state index in [9.17, 15) is 4.79 Å². The summed E-state index contributed by atoms with van der Waals surface area (Å²) in [7, 11) is 1.90. The van der Waals surface area contributed by atoms with E-state index in [2.05, 4.69) is 23.3 Å².